The first kappa shape index (κ1) is 8.21. The molecule has 0 unspecified atom stereocenters. The van der Waals surface area contributed by atoms with Crippen molar-refractivity contribution in [1.82, 2.24) is 5.43 Å². The molecule has 0 aromatic heterocycles. The van der Waals surface area contributed by atoms with Crippen molar-refractivity contribution in [3.05, 3.63) is 0 Å². The average Bonchev–Trinajstić information content (AvgIpc) is 1.85. The molecule has 0 spiro atoms. The van der Waals surface area contributed by atoms with Gasteiger partial charge >= 0.3 is 0 Å². The van der Waals surface area contributed by atoms with Gasteiger partial charge in [-0.1, -0.05) is 0 Å². The Kier molecular flexibility index (Phi) is 4.88. The Balaban J connectivity index is 3.08. The smallest absolute Gasteiger partial charge is 0.286 e. The molecule has 0 aliphatic carbocycles. The van der Waals surface area contributed by atoms with E-state index in [0.29, 0.717) is 6.54 Å². The monoisotopic (exact) mass is 129 g/mol. The van der Waals surface area contributed by atoms with Crippen LogP contribution in [0.15, 0.2) is 0 Å². The van der Waals surface area contributed by atoms with E-state index in [1.165, 1.54) is 0 Å². The SMILES string of the molecule is C[C@H](CCNN)OC#N. The summed E-state index contributed by atoms with van der Waals surface area (Å²) in [5.41, 5.74) is 2.47. The highest BCUT2D eigenvalue weighted by Crippen LogP contribution is 1.92. The molecule has 1 atom stereocenters. The highest BCUT2D eigenvalue weighted by Gasteiger charge is 1.98. The number of ether oxygens (including phenoxy) is 1. The van der Waals surface area contributed by atoms with Crippen molar-refractivity contribution in [2.75, 3.05) is 6.54 Å². The van der Waals surface area contributed by atoms with Gasteiger partial charge in [-0.3, -0.25) is 11.3 Å². The number of hydrogen-bond acceptors (Lipinski definition) is 4. The second-order valence-electron chi connectivity index (χ2n) is 1.76. The first-order valence-corrected chi connectivity index (χ1v) is 2.79. The van der Waals surface area contributed by atoms with Gasteiger partial charge in [-0.15, -0.1) is 0 Å². The van der Waals surface area contributed by atoms with Crippen LogP contribution in [-0.4, -0.2) is 12.6 Å². The quantitative estimate of drug-likeness (QED) is 0.311. The Hall–Kier alpha value is -0.790. The number of nitrogens with two attached hydrogens (primary N) is 1. The van der Waals surface area contributed by atoms with Crippen LogP contribution in [0.4, 0.5) is 0 Å². The van der Waals surface area contributed by atoms with E-state index in [4.69, 9.17) is 11.1 Å². The second kappa shape index (κ2) is 5.35. The van der Waals surface area contributed by atoms with Crippen molar-refractivity contribution in [3.63, 3.8) is 0 Å². The molecule has 52 valence electrons. The van der Waals surface area contributed by atoms with Gasteiger partial charge in [-0.25, -0.2) is 0 Å². The summed E-state index contributed by atoms with van der Waals surface area (Å²) in [4.78, 5) is 0. The largest absolute Gasteiger partial charge is 0.424 e. The summed E-state index contributed by atoms with van der Waals surface area (Å²) in [5.74, 6) is 4.98. The highest BCUT2D eigenvalue weighted by molar-refractivity contribution is 4.57. The summed E-state index contributed by atoms with van der Waals surface area (Å²) in [5, 5.41) is 8.01. The Morgan fingerprint density at radius 2 is 2.56 bits per heavy atom. The van der Waals surface area contributed by atoms with Crippen LogP contribution in [0.1, 0.15) is 13.3 Å². The van der Waals surface area contributed by atoms with Gasteiger partial charge in [-0.2, -0.15) is 5.26 Å². The zero-order valence-corrected chi connectivity index (χ0v) is 5.42. The lowest BCUT2D eigenvalue weighted by atomic mass is 10.3. The van der Waals surface area contributed by atoms with Crippen LogP contribution in [0.5, 0.6) is 0 Å². The van der Waals surface area contributed by atoms with Gasteiger partial charge in [0, 0.05) is 6.54 Å². The lowest BCUT2D eigenvalue weighted by molar-refractivity contribution is 0.169. The molecule has 0 saturated heterocycles. The zero-order chi connectivity index (χ0) is 7.11. The van der Waals surface area contributed by atoms with E-state index in [2.05, 4.69) is 10.2 Å². The summed E-state index contributed by atoms with van der Waals surface area (Å²) in [6.45, 7) is 2.49. The van der Waals surface area contributed by atoms with Crippen LogP contribution in [0.25, 0.3) is 0 Å². The molecule has 0 aliphatic rings. The molecular weight excluding hydrogens is 118 g/mol. The van der Waals surface area contributed by atoms with Gasteiger partial charge in [0.05, 0.1) is 0 Å². The van der Waals surface area contributed by atoms with Crippen LogP contribution < -0.4 is 11.3 Å². The molecule has 0 amide bonds. The fourth-order valence-corrected chi connectivity index (χ4v) is 0.435. The fourth-order valence-electron chi connectivity index (χ4n) is 0.435. The van der Waals surface area contributed by atoms with Gasteiger partial charge in [0.1, 0.15) is 6.10 Å². The summed E-state index contributed by atoms with van der Waals surface area (Å²) < 4.78 is 4.55. The third-order valence-electron chi connectivity index (χ3n) is 0.949. The molecule has 0 aliphatic heterocycles. The summed E-state index contributed by atoms with van der Waals surface area (Å²) in [7, 11) is 0. The van der Waals surface area contributed by atoms with E-state index in [9.17, 15) is 0 Å². The minimum atomic E-state index is -0.0361. The third-order valence-corrected chi connectivity index (χ3v) is 0.949. The van der Waals surface area contributed by atoms with Crippen LogP contribution in [0.2, 0.25) is 0 Å². The summed E-state index contributed by atoms with van der Waals surface area (Å²) in [6.07, 6.45) is 2.33. The summed E-state index contributed by atoms with van der Waals surface area (Å²) in [6, 6.07) is 0. The van der Waals surface area contributed by atoms with Crippen LogP contribution in [0, 0.1) is 11.5 Å². The van der Waals surface area contributed by atoms with E-state index in [1.807, 2.05) is 6.92 Å². The Morgan fingerprint density at radius 1 is 1.89 bits per heavy atom. The first-order chi connectivity index (χ1) is 4.31. The van der Waals surface area contributed by atoms with Crippen LogP contribution in [0.3, 0.4) is 0 Å². The maximum atomic E-state index is 8.01. The zero-order valence-electron chi connectivity index (χ0n) is 5.42. The van der Waals surface area contributed by atoms with Crippen molar-refractivity contribution in [2.24, 2.45) is 5.84 Å². The molecule has 4 heteroatoms. The predicted octanol–water partition coefficient (Wildman–Crippen LogP) is -0.274. The lowest BCUT2D eigenvalue weighted by Gasteiger charge is -2.05. The van der Waals surface area contributed by atoms with Gasteiger partial charge in [0.25, 0.3) is 6.26 Å². The Morgan fingerprint density at radius 3 is 3.00 bits per heavy atom. The molecule has 0 fully saturated rings. The molecule has 0 aromatic carbocycles. The van der Waals surface area contributed by atoms with E-state index in [0.717, 1.165) is 6.42 Å². The third kappa shape index (κ3) is 5.07. The molecule has 0 radical (unpaired) electrons. The predicted molar refractivity (Wildman–Crippen MR) is 33.0 cm³/mol. The number of hydrogen-bond donors (Lipinski definition) is 2. The van der Waals surface area contributed by atoms with E-state index in [-0.39, 0.29) is 6.10 Å². The molecule has 0 saturated carbocycles. The molecule has 4 nitrogen and oxygen atoms in total. The number of nitriles is 1. The molecule has 9 heavy (non-hydrogen) atoms. The van der Waals surface area contributed by atoms with Crippen molar-refractivity contribution in [1.29, 1.82) is 5.26 Å². The van der Waals surface area contributed by atoms with E-state index >= 15 is 0 Å². The minimum Gasteiger partial charge on any atom is -0.424 e. The second-order valence-corrected chi connectivity index (χ2v) is 1.76. The van der Waals surface area contributed by atoms with Gasteiger partial charge < -0.3 is 4.74 Å². The van der Waals surface area contributed by atoms with Crippen LogP contribution >= 0.6 is 0 Å². The molecule has 0 heterocycles. The van der Waals surface area contributed by atoms with Crippen molar-refractivity contribution in [2.45, 2.75) is 19.4 Å². The van der Waals surface area contributed by atoms with Gasteiger partial charge in [0.2, 0.25) is 0 Å². The summed E-state index contributed by atoms with van der Waals surface area (Å²) >= 11 is 0. The van der Waals surface area contributed by atoms with E-state index < -0.39 is 0 Å². The van der Waals surface area contributed by atoms with Crippen molar-refractivity contribution < 1.29 is 4.74 Å². The lowest BCUT2D eigenvalue weighted by Crippen LogP contribution is -2.25. The molecule has 3 N–H and O–H groups in total. The molecule has 0 rings (SSSR count). The molecule has 0 aromatic rings. The number of hydrazine groups is 1. The average molecular weight is 129 g/mol. The van der Waals surface area contributed by atoms with Crippen molar-refractivity contribution in [3.8, 4) is 6.26 Å². The van der Waals surface area contributed by atoms with Gasteiger partial charge in [0.15, 0.2) is 0 Å². The standard InChI is InChI=1S/C5H11N3O/c1-5(9-4-6)2-3-8-7/h5,8H,2-3,7H2,1H3/t5-/m1/s1. The maximum Gasteiger partial charge on any atom is 0.286 e. The Labute approximate surface area is 54.6 Å². The molecular formula is C5H11N3O. The number of nitrogens with one attached hydrogen (secondary N) is 1. The van der Waals surface area contributed by atoms with E-state index in [1.54, 1.807) is 6.26 Å². The topological polar surface area (TPSA) is 71.1 Å². The van der Waals surface area contributed by atoms with Gasteiger partial charge in [-0.05, 0) is 13.3 Å². The van der Waals surface area contributed by atoms with Crippen molar-refractivity contribution >= 4 is 0 Å². The minimum absolute atomic E-state index is 0.0361. The number of rotatable bonds is 4. The molecule has 0 bridgehead atoms. The number of nitrogens with zero attached hydrogens (tertiary/aromatic N) is 1. The Bertz CT molecular complexity index is 98.9. The highest BCUT2D eigenvalue weighted by atomic mass is 16.5. The normalized spacial score (nSPS) is 12.1. The maximum absolute atomic E-state index is 8.01. The first-order valence-electron chi connectivity index (χ1n) is 2.79. The van der Waals surface area contributed by atoms with Crippen LogP contribution in [-0.2, 0) is 4.74 Å². The fraction of sp³-hybridized carbons (Fsp3) is 0.800.